The Morgan fingerprint density at radius 2 is 1.14 bits per heavy atom. The van der Waals surface area contributed by atoms with Gasteiger partial charge in [-0.05, 0) is 41.8 Å². The van der Waals surface area contributed by atoms with Crippen molar-refractivity contribution in [2.45, 2.75) is 12.8 Å². The molecule has 0 aliphatic carbocycles. The zero-order chi connectivity index (χ0) is 15.1. The summed E-state index contributed by atoms with van der Waals surface area (Å²) >= 11 is 0. The molecule has 2 radical (unpaired) electrons. The lowest BCUT2D eigenvalue weighted by atomic mass is 9.89. The molecule has 2 aromatic carbocycles. The van der Waals surface area contributed by atoms with E-state index in [0.29, 0.717) is 11.5 Å². The summed E-state index contributed by atoms with van der Waals surface area (Å²) in [4.78, 5) is 0. The number of rotatable bonds is 5. The summed E-state index contributed by atoms with van der Waals surface area (Å²) in [5, 5.41) is 16.9. The highest BCUT2D eigenvalue weighted by Gasteiger charge is 2.13. The lowest BCUT2D eigenvalue weighted by Crippen LogP contribution is -2.00. The van der Waals surface area contributed by atoms with Crippen LogP contribution in [0.4, 0.5) is 0 Å². The van der Waals surface area contributed by atoms with E-state index in [4.69, 9.17) is 20.0 Å². The zero-order valence-corrected chi connectivity index (χ0v) is 11.4. The van der Waals surface area contributed by atoms with Crippen LogP contribution in [0.3, 0.4) is 0 Å². The van der Waals surface area contributed by atoms with E-state index in [0.717, 1.165) is 11.1 Å². The molecule has 2 rings (SSSR count). The molecule has 0 N–H and O–H groups in total. The minimum Gasteiger partial charge on any atom is -0.388 e. The largest absolute Gasteiger partial charge is 0.388 e. The predicted molar refractivity (Wildman–Crippen MR) is 76.1 cm³/mol. The van der Waals surface area contributed by atoms with Crippen molar-refractivity contribution < 1.29 is 9.47 Å². The van der Waals surface area contributed by atoms with E-state index in [1.165, 1.54) is 0 Å². The van der Waals surface area contributed by atoms with E-state index in [-0.39, 0.29) is 5.92 Å². The third-order valence-corrected chi connectivity index (χ3v) is 3.04. The molecule has 0 atom stereocenters. The van der Waals surface area contributed by atoms with Crippen molar-refractivity contribution in [3.05, 3.63) is 66.1 Å². The fraction of sp³-hybridized carbons (Fsp3) is 0.118. The van der Waals surface area contributed by atoms with E-state index in [1.807, 2.05) is 31.2 Å². The first-order valence-corrected chi connectivity index (χ1v) is 6.27. The second-order valence-electron chi connectivity index (χ2n) is 4.25. The average molecular weight is 276 g/mol. The average Bonchev–Trinajstić information content (AvgIpc) is 2.52. The van der Waals surface area contributed by atoms with Gasteiger partial charge in [-0.15, -0.1) is 10.5 Å². The third-order valence-electron chi connectivity index (χ3n) is 3.04. The van der Waals surface area contributed by atoms with E-state index in [2.05, 4.69) is 6.42 Å². The van der Waals surface area contributed by atoms with E-state index < -0.39 is 0 Å². The Morgan fingerprint density at radius 3 is 1.43 bits per heavy atom. The molecule has 0 aliphatic heterocycles. The fourth-order valence-electron chi connectivity index (χ4n) is 2.09. The van der Waals surface area contributed by atoms with Gasteiger partial charge in [-0.25, -0.2) is 0 Å². The normalized spacial score (nSPS) is 9.71. The SMILES string of the molecule is C[C]C(c1ccc(OC#N)cc1)c1ccc(OC#N)cc1. The number of hydrogen-bond donors (Lipinski definition) is 0. The summed E-state index contributed by atoms with van der Waals surface area (Å²) in [6.07, 6.45) is 6.51. The maximum Gasteiger partial charge on any atom is 0.292 e. The molecule has 0 amide bonds. The van der Waals surface area contributed by atoms with Crippen LogP contribution >= 0.6 is 0 Å². The highest BCUT2D eigenvalue weighted by atomic mass is 16.5. The van der Waals surface area contributed by atoms with Gasteiger partial charge in [0.05, 0.1) is 0 Å². The highest BCUT2D eigenvalue weighted by Crippen LogP contribution is 2.29. The van der Waals surface area contributed by atoms with Crippen molar-refractivity contribution >= 4 is 0 Å². The van der Waals surface area contributed by atoms with Crippen LogP contribution in [-0.2, 0) is 0 Å². The first kappa shape index (κ1) is 14.4. The molecule has 0 fully saturated rings. The Bertz CT molecular complexity index is 604. The summed E-state index contributed by atoms with van der Waals surface area (Å²) in [5.74, 6) is 1.01. The Labute approximate surface area is 123 Å². The number of ether oxygens (including phenoxy) is 2. The van der Waals surface area contributed by atoms with E-state index in [1.54, 1.807) is 36.8 Å². The lowest BCUT2D eigenvalue weighted by Gasteiger charge is -2.15. The molecule has 4 heteroatoms. The van der Waals surface area contributed by atoms with Crippen molar-refractivity contribution in [2.24, 2.45) is 0 Å². The van der Waals surface area contributed by atoms with Gasteiger partial charge < -0.3 is 9.47 Å². The topological polar surface area (TPSA) is 66.0 Å². The van der Waals surface area contributed by atoms with Crippen LogP contribution in [0, 0.1) is 29.5 Å². The van der Waals surface area contributed by atoms with Gasteiger partial charge in [0.2, 0.25) is 0 Å². The minimum atomic E-state index is -0.00253. The van der Waals surface area contributed by atoms with Gasteiger partial charge in [-0.2, -0.15) is 0 Å². The first-order valence-electron chi connectivity index (χ1n) is 6.27. The Hall–Kier alpha value is -2.98. The molecule has 2 aromatic rings. The van der Waals surface area contributed by atoms with Gasteiger partial charge in [0, 0.05) is 5.92 Å². The number of hydrogen-bond acceptors (Lipinski definition) is 4. The van der Waals surface area contributed by atoms with Crippen molar-refractivity contribution in [1.82, 2.24) is 0 Å². The van der Waals surface area contributed by atoms with Crippen LogP contribution in [0.25, 0.3) is 0 Å². The molecule has 0 spiro atoms. The quantitative estimate of drug-likeness (QED) is 0.782. The van der Waals surface area contributed by atoms with Crippen LogP contribution < -0.4 is 9.47 Å². The summed E-state index contributed by atoms with van der Waals surface area (Å²) in [7, 11) is 0. The molecule has 0 bridgehead atoms. The smallest absolute Gasteiger partial charge is 0.292 e. The fourth-order valence-corrected chi connectivity index (χ4v) is 2.09. The van der Waals surface area contributed by atoms with Gasteiger partial charge in [0.25, 0.3) is 12.5 Å². The third kappa shape index (κ3) is 3.52. The van der Waals surface area contributed by atoms with Gasteiger partial charge in [0.15, 0.2) is 0 Å². The summed E-state index contributed by atoms with van der Waals surface area (Å²) in [6, 6.07) is 14.6. The first-order chi connectivity index (χ1) is 10.3. The number of nitrogens with zero attached hydrogens (tertiary/aromatic N) is 2. The van der Waals surface area contributed by atoms with Crippen molar-refractivity contribution in [1.29, 1.82) is 10.5 Å². The van der Waals surface area contributed by atoms with E-state index in [9.17, 15) is 0 Å². The second kappa shape index (κ2) is 6.98. The maximum atomic E-state index is 8.47. The van der Waals surface area contributed by atoms with Crippen molar-refractivity contribution in [2.75, 3.05) is 0 Å². The van der Waals surface area contributed by atoms with Crippen LogP contribution in [0.5, 0.6) is 11.5 Å². The summed E-state index contributed by atoms with van der Waals surface area (Å²) in [6.45, 7) is 1.87. The Morgan fingerprint density at radius 1 is 0.762 bits per heavy atom. The standard InChI is InChI=1S/C17H12N2O2/c1-2-17(13-3-7-15(8-4-13)20-11-18)14-5-9-16(10-6-14)21-12-19/h3-10,17H,1H3. The number of benzene rings is 2. The minimum absolute atomic E-state index is 0.00253. The summed E-state index contributed by atoms with van der Waals surface area (Å²) in [5.41, 5.74) is 2.08. The molecule has 21 heavy (non-hydrogen) atoms. The Balaban J connectivity index is 2.22. The highest BCUT2D eigenvalue weighted by molar-refractivity contribution is 5.40. The van der Waals surface area contributed by atoms with E-state index >= 15 is 0 Å². The van der Waals surface area contributed by atoms with Crippen LogP contribution in [0.2, 0.25) is 0 Å². The second-order valence-corrected chi connectivity index (χ2v) is 4.25. The predicted octanol–water partition coefficient (Wildman–Crippen LogP) is 3.64. The molecule has 4 nitrogen and oxygen atoms in total. The van der Waals surface area contributed by atoms with Crippen molar-refractivity contribution in [3.63, 3.8) is 0 Å². The maximum absolute atomic E-state index is 8.47. The molecule has 102 valence electrons. The lowest BCUT2D eigenvalue weighted by molar-refractivity contribution is 0.507. The molecule has 0 saturated carbocycles. The summed E-state index contributed by atoms with van der Waals surface area (Å²) < 4.78 is 9.52. The molecule has 0 heterocycles. The van der Waals surface area contributed by atoms with Crippen molar-refractivity contribution in [3.8, 4) is 24.0 Å². The Kier molecular flexibility index (Phi) is 4.79. The molecule has 0 aromatic heterocycles. The van der Waals surface area contributed by atoms with Gasteiger partial charge >= 0.3 is 0 Å². The van der Waals surface area contributed by atoms with Gasteiger partial charge in [0.1, 0.15) is 11.5 Å². The zero-order valence-electron chi connectivity index (χ0n) is 11.4. The molecule has 0 saturated heterocycles. The van der Waals surface area contributed by atoms with Gasteiger partial charge in [-0.3, -0.25) is 0 Å². The number of nitriles is 2. The van der Waals surface area contributed by atoms with Crippen LogP contribution in [-0.4, -0.2) is 0 Å². The van der Waals surface area contributed by atoms with Crippen LogP contribution in [0.1, 0.15) is 24.0 Å². The monoisotopic (exact) mass is 276 g/mol. The van der Waals surface area contributed by atoms with Crippen LogP contribution in [0.15, 0.2) is 48.5 Å². The van der Waals surface area contributed by atoms with Gasteiger partial charge in [-0.1, -0.05) is 31.2 Å². The molecular weight excluding hydrogens is 264 g/mol. The molecule has 0 unspecified atom stereocenters. The molecular formula is C17H12N2O2. The molecule has 0 aliphatic rings.